The molecule has 80 valence electrons. The van der Waals surface area contributed by atoms with E-state index in [2.05, 4.69) is 15.5 Å². The van der Waals surface area contributed by atoms with Gasteiger partial charge in [0.1, 0.15) is 0 Å². The summed E-state index contributed by atoms with van der Waals surface area (Å²) in [5.41, 5.74) is 2.64. The first-order chi connectivity index (χ1) is 6.40. The van der Waals surface area contributed by atoms with Crippen LogP contribution >= 0.6 is 0 Å². The van der Waals surface area contributed by atoms with Gasteiger partial charge in [-0.15, -0.1) is 0 Å². The minimum absolute atomic E-state index is 0.580. The van der Waals surface area contributed by atoms with Gasteiger partial charge in [-0.1, -0.05) is 0 Å². The van der Waals surface area contributed by atoms with Crippen LogP contribution in [0.25, 0.3) is 0 Å². The number of nitrogens with zero attached hydrogens (tertiary/aromatic N) is 1. The zero-order chi connectivity index (χ0) is 10.8. The molecule has 3 N–H and O–H groups in total. The fourth-order valence-electron chi connectivity index (χ4n) is 1.33. The topological polar surface area (TPSA) is 60.9 Å². The SMILES string of the molecule is Cc1n[nH]c(C)c1CNCC(C)(C)O. The summed E-state index contributed by atoms with van der Waals surface area (Å²) < 4.78 is 0. The Morgan fingerprint density at radius 3 is 2.50 bits per heavy atom. The molecule has 0 aliphatic heterocycles. The van der Waals surface area contributed by atoms with E-state index >= 15 is 0 Å². The van der Waals surface area contributed by atoms with E-state index in [1.807, 2.05) is 13.8 Å². The molecule has 0 unspecified atom stereocenters. The first kappa shape index (κ1) is 11.2. The van der Waals surface area contributed by atoms with Crippen molar-refractivity contribution in [3.05, 3.63) is 17.0 Å². The standard InChI is InChI=1S/C10H19N3O/c1-7-9(8(2)13-12-7)5-11-6-10(3,4)14/h11,14H,5-6H2,1-4H3,(H,12,13). The molecule has 0 aliphatic carbocycles. The quantitative estimate of drug-likeness (QED) is 0.671. The summed E-state index contributed by atoms with van der Waals surface area (Å²) in [6.07, 6.45) is 0. The van der Waals surface area contributed by atoms with Gasteiger partial charge in [0.2, 0.25) is 0 Å². The first-order valence-corrected chi connectivity index (χ1v) is 4.84. The van der Waals surface area contributed by atoms with E-state index < -0.39 is 5.60 Å². The molecule has 0 spiro atoms. The van der Waals surface area contributed by atoms with Gasteiger partial charge in [-0.05, 0) is 27.7 Å². The minimum atomic E-state index is -0.661. The van der Waals surface area contributed by atoms with Crippen molar-refractivity contribution in [2.75, 3.05) is 6.54 Å². The molecule has 4 nitrogen and oxygen atoms in total. The number of aromatic amines is 1. The molecule has 1 aromatic rings. The second-order valence-electron chi connectivity index (χ2n) is 4.33. The molecule has 0 saturated carbocycles. The Morgan fingerprint density at radius 1 is 1.43 bits per heavy atom. The fourth-order valence-corrected chi connectivity index (χ4v) is 1.33. The third-order valence-electron chi connectivity index (χ3n) is 2.14. The van der Waals surface area contributed by atoms with Gasteiger partial charge in [-0.3, -0.25) is 5.10 Å². The van der Waals surface area contributed by atoms with Crippen LogP contribution in [0.1, 0.15) is 30.8 Å². The summed E-state index contributed by atoms with van der Waals surface area (Å²) in [5.74, 6) is 0. The maximum atomic E-state index is 9.50. The van der Waals surface area contributed by atoms with Crippen molar-refractivity contribution in [1.29, 1.82) is 0 Å². The predicted octanol–water partition coefficient (Wildman–Crippen LogP) is 0.887. The van der Waals surface area contributed by atoms with E-state index in [9.17, 15) is 5.11 Å². The highest BCUT2D eigenvalue weighted by Gasteiger charge is 2.12. The molecule has 0 radical (unpaired) electrons. The summed E-state index contributed by atoms with van der Waals surface area (Å²) in [6.45, 7) is 8.88. The van der Waals surface area contributed by atoms with E-state index in [4.69, 9.17) is 0 Å². The highest BCUT2D eigenvalue weighted by Crippen LogP contribution is 2.08. The van der Waals surface area contributed by atoms with Gasteiger partial charge < -0.3 is 10.4 Å². The van der Waals surface area contributed by atoms with Crippen molar-refractivity contribution in [3.63, 3.8) is 0 Å². The lowest BCUT2D eigenvalue weighted by Gasteiger charge is -2.17. The van der Waals surface area contributed by atoms with E-state index in [0.29, 0.717) is 6.54 Å². The van der Waals surface area contributed by atoms with Gasteiger partial charge in [-0.25, -0.2) is 0 Å². The second-order valence-corrected chi connectivity index (χ2v) is 4.33. The van der Waals surface area contributed by atoms with Crippen LogP contribution in [-0.2, 0) is 6.54 Å². The molecular formula is C10H19N3O. The van der Waals surface area contributed by atoms with Crippen molar-refractivity contribution in [2.24, 2.45) is 0 Å². The summed E-state index contributed by atoms with van der Waals surface area (Å²) in [5, 5.41) is 19.7. The largest absolute Gasteiger partial charge is 0.389 e. The second kappa shape index (κ2) is 4.11. The number of nitrogens with one attached hydrogen (secondary N) is 2. The highest BCUT2D eigenvalue weighted by atomic mass is 16.3. The van der Waals surface area contributed by atoms with Crippen molar-refractivity contribution in [1.82, 2.24) is 15.5 Å². The Balaban J connectivity index is 2.46. The lowest BCUT2D eigenvalue weighted by atomic mass is 10.1. The van der Waals surface area contributed by atoms with Gasteiger partial charge in [0.05, 0.1) is 11.3 Å². The van der Waals surface area contributed by atoms with Crippen LogP contribution in [0.4, 0.5) is 0 Å². The molecule has 0 atom stereocenters. The van der Waals surface area contributed by atoms with Gasteiger partial charge in [0, 0.05) is 24.3 Å². The maximum Gasteiger partial charge on any atom is 0.0715 e. The zero-order valence-corrected chi connectivity index (χ0v) is 9.31. The van der Waals surface area contributed by atoms with Gasteiger partial charge in [-0.2, -0.15) is 5.10 Å². The Bertz CT molecular complexity index is 279. The van der Waals surface area contributed by atoms with Crippen LogP contribution in [0.3, 0.4) is 0 Å². The van der Waals surface area contributed by atoms with Crippen molar-refractivity contribution in [2.45, 2.75) is 39.8 Å². The van der Waals surface area contributed by atoms with Crippen LogP contribution in [0.2, 0.25) is 0 Å². The Labute approximate surface area is 84.7 Å². The lowest BCUT2D eigenvalue weighted by Crippen LogP contribution is -2.34. The smallest absolute Gasteiger partial charge is 0.0715 e. The third kappa shape index (κ3) is 3.12. The van der Waals surface area contributed by atoms with Crippen LogP contribution < -0.4 is 5.32 Å². The number of hydrogen-bond acceptors (Lipinski definition) is 3. The molecule has 1 aromatic heterocycles. The average Bonchev–Trinajstić information content (AvgIpc) is 2.33. The summed E-state index contributed by atoms with van der Waals surface area (Å²) in [4.78, 5) is 0. The first-order valence-electron chi connectivity index (χ1n) is 4.84. The van der Waals surface area contributed by atoms with Crippen LogP contribution in [0.5, 0.6) is 0 Å². The van der Waals surface area contributed by atoms with Gasteiger partial charge >= 0.3 is 0 Å². The normalized spacial score (nSPS) is 12.1. The molecular weight excluding hydrogens is 178 g/mol. The molecule has 0 fully saturated rings. The lowest BCUT2D eigenvalue weighted by molar-refractivity contribution is 0.0794. The minimum Gasteiger partial charge on any atom is -0.389 e. The van der Waals surface area contributed by atoms with E-state index in [1.165, 1.54) is 5.56 Å². The number of aliphatic hydroxyl groups is 1. The Hall–Kier alpha value is -0.870. The van der Waals surface area contributed by atoms with Crippen LogP contribution in [0, 0.1) is 13.8 Å². The molecule has 0 saturated heterocycles. The average molecular weight is 197 g/mol. The Kier molecular flexibility index (Phi) is 3.29. The van der Waals surface area contributed by atoms with Crippen molar-refractivity contribution in [3.8, 4) is 0 Å². The summed E-state index contributed by atoms with van der Waals surface area (Å²) >= 11 is 0. The Morgan fingerprint density at radius 2 is 2.07 bits per heavy atom. The molecule has 0 amide bonds. The van der Waals surface area contributed by atoms with Crippen LogP contribution in [-0.4, -0.2) is 27.4 Å². The van der Waals surface area contributed by atoms with Crippen molar-refractivity contribution >= 4 is 0 Å². The number of rotatable bonds is 4. The van der Waals surface area contributed by atoms with Crippen LogP contribution in [0.15, 0.2) is 0 Å². The van der Waals surface area contributed by atoms with E-state index in [0.717, 1.165) is 17.9 Å². The summed E-state index contributed by atoms with van der Waals surface area (Å²) in [7, 11) is 0. The highest BCUT2D eigenvalue weighted by molar-refractivity contribution is 5.22. The number of hydrogen-bond donors (Lipinski definition) is 3. The fraction of sp³-hybridized carbons (Fsp3) is 0.700. The van der Waals surface area contributed by atoms with E-state index in [-0.39, 0.29) is 0 Å². The summed E-state index contributed by atoms with van der Waals surface area (Å²) in [6, 6.07) is 0. The number of aromatic nitrogens is 2. The predicted molar refractivity (Wildman–Crippen MR) is 56.1 cm³/mol. The molecule has 0 aromatic carbocycles. The molecule has 1 rings (SSSR count). The number of H-pyrrole nitrogens is 1. The maximum absolute atomic E-state index is 9.50. The van der Waals surface area contributed by atoms with Crippen molar-refractivity contribution < 1.29 is 5.11 Å². The molecule has 4 heteroatoms. The zero-order valence-electron chi connectivity index (χ0n) is 9.31. The molecule has 14 heavy (non-hydrogen) atoms. The molecule has 0 aliphatic rings. The monoisotopic (exact) mass is 197 g/mol. The third-order valence-corrected chi connectivity index (χ3v) is 2.14. The number of aryl methyl sites for hydroxylation is 2. The van der Waals surface area contributed by atoms with Gasteiger partial charge in [0.25, 0.3) is 0 Å². The molecule has 0 bridgehead atoms. The van der Waals surface area contributed by atoms with E-state index in [1.54, 1.807) is 13.8 Å². The van der Waals surface area contributed by atoms with Gasteiger partial charge in [0.15, 0.2) is 0 Å². The molecule has 1 heterocycles.